The van der Waals surface area contributed by atoms with Gasteiger partial charge in [-0.3, -0.25) is 4.79 Å². The van der Waals surface area contributed by atoms with Gasteiger partial charge in [0.2, 0.25) is 5.76 Å². The number of hydrogen-bond donors (Lipinski definition) is 1. The Morgan fingerprint density at radius 1 is 1.36 bits per heavy atom. The molecule has 1 N–H and O–H groups in total. The van der Waals surface area contributed by atoms with Gasteiger partial charge in [-0.2, -0.15) is 13.2 Å². The summed E-state index contributed by atoms with van der Waals surface area (Å²) in [4.78, 5) is 22.7. The van der Waals surface area contributed by atoms with Crippen molar-refractivity contribution < 1.29 is 66.9 Å². The molecule has 0 unspecified atom stereocenters. The first kappa shape index (κ1) is 18.3. The van der Waals surface area contributed by atoms with Crippen molar-refractivity contribution in [3.63, 3.8) is 0 Å². The van der Waals surface area contributed by atoms with Crippen LogP contribution < -0.4 is 44.8 Å². The van der Waals surface area contributed by atoms with Gasteiger partial charge in [0.15, 0.2) is 16.8 Å². The molecule has 0 fully saturated rings. The van der Waals surface area contributed by atoms with E-state index in [-0.39, 0.29) is 35.6 Å². The van der Waals surface area contributed by atoms with Gasteiger partial charge in [-0.05, 0) is 0 Å². The topological polar surface area (TPSA) is 99.8 Å². The summed E-state index contributed by atoms with van der Waals surface area (Å²) < 4.78 is 47.1. The number of halogens is 3. The molecule has 22 heavy (non-hydrogen) atoms. The number of carboxylic acid groups (broad SMARTS) is 1. The number of fused-ring (bicyclic) bond motifs is 1. The number of carbonyl (C=O) groups excluding carboxylic acids is 1. The van der Waals surface area contributed by atoms with Crippen LogP contribution in [0.15, 0.2) is 21.3 Å². The van der Waals surface area contributed by atoms with Gasteiger partial charge in [-0.15, -0.1) is 0 Å². The smallest absolute Gasteiger partial charge is 0.545 e. The van der Waals surface area contributed by atoms with E-state index in [2.05, 4.69) is 4.42 Å². The zero-order chi connectivity index (χ0) is 15.9. The van der Waals surface area contributed by atoms with Gasteiger partial charge in [-0.25, -0.2) is 0 Å². The molecule has 2 rings (SSSR count). The molecule has 6 nitrogen and oxygen atoms in total. The molecule has 112 valence electrons. The fraction of sp³-hybridized carbons (Fsp3) is 0.167. The van der Waals surface area contributed by atoms with Gasteiger partial charge in [0.25, 0.3) is 0 Å². The number of phenols is 1. The molecule has 0 spiro atoms. The second kappa shape index (κ2) is 6.19. The van der Waals surface area contributed by atoms with Crippen molar-refractivity contribution in [2.45, 2.75) is 6.18 Å². The molecule has 0 radical (unpaired) electrons. The van der Waals surface area contributed by atoms with E-state index in [0.29, 0.717) is 0 Å². The van der Waals surface area contributed by atoms with Crippen LogP contribution in [0, 0.1) is 0 Å². The number of benzene rings is 1. The summed E-state index contributed by atoms with van der Waals surface area (Å²) in [6.07, 6.45) is -4.95. The van der Waals surface area contributed by atoms with E-state index in [9.17, 15) is 33.0 Å². The number of aromatic carboxylic acids is 1. The number of ether oxygens (including phenoxy) is 1. The number of carbonyl (C=O) groups is 1. The summed E-state index contributed by atoms with van der Waals surface area (Å²) in [6.45, 7) is 0. The summed E-state index contributed by atoms with van der Waals surface area (Å²) >= 11 is 0. The van der Waals surface area contributed by atoms with Crippen LogP contribution in [0.1, 0.15) is 16.1 Å². The standard InChI is InChI=1S/C12H7F3O6.Na/c1-20-6-2-4(16)9(11(18)19)8-5(17)3-7(12(13,14)15)21-10(6)8;/h2-3,16H,1H3,(H,18,19);/q;+1/p-1. The Morgan fingerprint density at radius 3 is 2.41 bits per heavy atom. The van der Waals surface area contributed by atoms with E-state index in [4.69, 9.17) is 4.74 Å². The first-order chi connectivity index (χ1) is 9.66. The summed E-state index contributed by atoms with van der Waals surface area (Å²) in [5.41, 5.74) is -3.00. The molecule has 1 aromatic heterocycles. The number of alkyl halides is 3. The van der Waals surface area contributed by atoms with Crippen LogP contribution in [0.4, 0.5) is 13.2 Å². The van der Waals surface area contributed by atoms with Gasteiger partial charge in [0.05, 0.1) is 24.0 Å². The average Bonchev–Trinajstić information content (AvgIpc) is 2.36. The van der Waals surface area contributed by atoms with Crippen molar-refractivity contribution in [1.29, 1.82) is 0 Å². The van der Waals surface area contributed by atoms with E-state index in [0.717, 1.165) is 13.2 Å². The molecule has 0 saturated carbocycles. The third-order valence-electron chi connectivity index (χ3n) is 2.65. The van der Waals surface area contributed by atoms with E-state index in [1.165, 1.54) is 0 Å². The van der Waals surface area contributed by atoms with E-state index in [1.54, 1.807) is 0 Å². The summed E-state index contributed by atoms with van der Waals surface area (Å²) in [7, 11) is 1.05. The maximum absolute atomic E-state index is 12.6. The first-order valence-corrected chi connectivity index (χ1v) is 5.33. The molecule has 1 heterocycles. The molecule has 1 aromatic carbocycles. The maximum atomic E-state index is 12.6. The van der Waals surface area contributed by atoms with Crippen LogP contribution in [-0.4, -0.2) is 18.2 Å². The largest absolute Gasteiger partial charge is 1.00 e. The normalized spacial score (nSPS) is 11.1. The Hall–Kier alpha value is -1.71. The van der Waals surface area contributed by atoms with Crippen molar-refractivity contribution in [2.75, 3.05) is 7.11 Å². The number of methoxy groups -OCH3 is 1. The van der Waals surface area contributed by atoms with Crippen LogP contribution in [0.25, 0.3) is 11.0 Å². The quantitative estimate of drug-likeness (QED) is 0.634. The second-order valence-corrected chi connectivity index (χ2v) is 3.94. The Kier molecular flexibility index (Phi) is 5.16. The summed E-state index contributed by atoms with van der Waals surface area (Å²) in [6, 6.07) is 0.810. The van der Waals surface area contributed by atoms with Crippen LogP contribution in [0.2, 0.25) is 0 Å². The minimum absolute atomic E-state index is 0. The van der Waals surface area contributed by atoms with Gasteiger partial charge in [-0.1, -0.05) is 0 Å². The van der Waals surface area contributed by atoms with Crippen molar-refractivity contribution in [1.82, 2.24) is 0 Å². The molecule has 0 saturated heterocycles. The average molecular weight is 326 g/mol. The minimum Gasteiger partial charge on any atom is -0.545 e. The Bertz CT molecular complexity index is 796. The SMILES string of the molecule is COc1cc(O)c(C(=O)[O-])c2c(=O)cc(C(F)(F)F)oc12.[Na+]. The maximum Gasteiger partial charge on any atom is 1.00 e. The molecular weight excluding hydrogens is 320 g/mol. The Morgan fingerprint density at radius 2 is 1.95 bits per heavy atom. The number of aromatic hydroxyl groups is 1. The number of carboxylic acids is 1. The van der Waals surface area contributed by atoms with Crippen molar-refractivity contribution in [3.05, 3.63) is 33.7 Å². The van der Waals surface area contributed by atoms with E-state index in [1.807, 2.05) is 0 Å². The van der Waals surface area contributed by atoms with Gasteiger partial charge >= 0.3 is 35.7 Å². The van der Waals surface area contributed by atoms with Crippen LogP contribution in [-0.2, 0) is 6.18 Å². The van der Waals surface area contributed by atoms with Crippen LogP contribution >= 0.6 is 0 Å². The molecule has 0 atom stereocenters. The van der Waals surface area contributed by atoms with Gasteiger partial charge in [0.1, 0.15) is 5.75 Å². The fourth-order valence-corrected chi connectivity index (χ4v) is 1.79. The van der Waals surface area contributed by atoms with Crippen LogP contribution in [0.3, 0.4) is 0 Å². The monoisotopic (exact) mass is 326 g/mol. The zero-order valence-electron chi connectivity index (χ0n) is 11.3. The molecule has 2 aromatic rings. The third kappa shape index (κ3) is 3.06. The minimum atomic E-state index is -4.95. The molecule has 0 aliphatic heterocycles. The Balaban J connectivity index is 0.00000242. The summed E-state index contributed by atoms with van der Waals surface area (Å²) in [5.74, 6) is -4.86. The number of hydrogen-bond acceptors (Lipinski definition) is 6. The molecule has 0 bridgehead atoms. The van der Waals surface area contributed by atoms with E-state index < -0.39 is 51.4 Å². The zero-order valence-corrected chi connectivity index (χ0v) is 13.3. The second-order valence-electron chi connectivity index (χ2n) is 3.94. The molecular formula is C12H6F3NaO6. The number of rotatable bonds is 2. The molecule has 10 heteroatoms. The fourth-order valence-electron chi connectivity index (χ4n) is 1.79. The van der Waals surface area contributed by atoms with Crippen LogP contribution in [0.5, 0.6) is 11.5 Å². The van der Waals surface area contributed by atoms with E-state index >= 15 is 0 Å². The molecule has 0 aliphatic carbocycles. The van der Waals surface area contributed by atoms with Gasteiger partial charge in [0, 0.05) is 12.1 Å². The third-order valence-corrected chi connectivity index (χ3v) is 2.65. The molecule has 0 amide bonds. The van der Waals surface area contributed by atoms with Crippen molar-refractivity contribution in [3.8, 4) is 11.5 Å². The predicted molar refractivity (Wildman–Crippen MR) is 60.0 cm³/mol. The summed E-state index contributed by atoms with van der Waals surface area (Å²) in [5, 5.41) is 19.7. The Labute approximate surface area is 142 Å². The molecule has 0 aliphatic rings. The first-order valence-electron chi connectivity index (χ1n) is 5.33. The van der Waals surface area contributed by atoms with Gasteiger partial charge < -0.3 is 24.2 Å². The van der Waals surface area contributed by atoms with Crippen molar-refractivity contribution in [2.24, 2.45) is 0 Å². The van der Waals surface area contributed by atoms with Crippen molar-refractivity contribution >= 4 is 16.9 Å². The predicted octanol–water partition coefficient (Wildman–Crippen LogP) is -2.11.